The fourth-order valence-corrected chi connectivity index (χ4v) is 2.10. The molecule has 5 nitrogen and oxygen atoms in total. The highest BCUT2D eigenvalue weighted by molar-refractivity contribution is 5.98. The Hall–Kier alpha value is -2.50. The van der Waals surface area contributed by atoms with E-state index in [4.69, 9.17) is 10.3 Å². The summed E-state index contributed by atoms with van der Waals surface area (Å²) < 4.78 is 18.7. The van der Waals surface area contributed by atoms with Crippen molar-refractivity contribution >= 4 is 16.6 Å². The molecule has 92 valence electrons. The number of hydrogen-bond acceptors (Lipinski definition) is 3. The maximum absolute atomic E-state index is 13.6. The highest BCUT2D eigenvalue weighted by Gasteiger charge is 2.19. The second kappa shape index (κ2) is 3.49. The Balaban J connectivity index is 2.43. The van der Waals surface area contributed by atoms with Crippen LogP contribution in [0.25, 0.3) is 22.2 Å². The lowest BCUT2D eigenvalue weighted by atomic mass is 10.1. The number of aromatic nitrogens is 2. The van der Waals surface area contributed by atoms with Crippen molar-refractivity contribution in [2.75, 3.05) is 5.73 Å². The number of rotatable bonds is 1. The molecule has 0 saturated carbocycles. The summed E-state index contributed by atoms with van der Waals surface area (Å²) in [5.41, 5.74) is 6.80. The largest absolute Gasteiger partial charge is 0.391 e. The summed E-state index contributed by atoms with van der Waals surface area (Å²) in [6.45, 7) is 1.77. The Kier molecular flexibility index (Phi) is 2.07. The van der Waals surface area contributed by atoms with E-state index in [1.165, 1.54) is 6.07 Å². The molecule has 2 heterocycles. The summed E-state index contributed by atoms with van der Waals surface area (Å²) in [7, 11) is 0. The highest BCUT2D eigenvalue weighted by Crippen LogP contribution is 2.34. The van der Waals surface area contributed by atoms with Gasteiger partial charge < -0.3 is 15.2 Å². The molecule has 0 radical (unpaired) electrons. The van der Waals surface area contributed by atoms with Gasteiger partial charge in [0, 0.05) is 11.1 Å². The van der Waals surface area contributed by atoms with Gasteiger partial charge in [0.15, 0.2) is 5.76 Å². The zero-order chi connectivity index (χ0) is 12.9. The normalized spacial score (nSPS) is 11.2. The summed E-state index contributed by atoms with van der Waals surface area (Å²) in [6, 6.07) is 4.69. The minimum Gasteiger partial charge on any atom is -0.391 e. The van der Waals surface area contributed by atoms with Crippen LogP contribution in [-0.2, 0) is 0 Å². The van der Waals surface area contributed by atoms with E-state index >= 15 is 0 Å². The number of anilines is 1. The van der Waals surface area contributed by atoms with E-state index in [2.05, 4.69) is 10.1 Å². The molecule has 0 aliphatic rings. The molecular weight excluding hydrogens is 237 g/mol. The van der Waals surface area contributed by atoms with Crippen LogP contribution in [0.1, 0.15) is 5.69 Å². The number of nitrogens with one attached hydrogen (secondary N) is 2. The lowest BCUT2D eigenvalue weighted by Crippen LogP contribution is -2.04. The molecular formula is C12H10FN3O2. The maximum atomic E-state index is 13.6. The fraction of sp³-hybridized carbons (Fsp3) is 0.0833. The quantitative estimate of drug-likeness (QED) is 0.615. The second-order valence-electron chi connectivity index (χ2n) is 4.06. The fourth-order valence-electron chi connectivity index (χ4n) is 2.10. The first-order valence-corrected chi connectivity index (χ1v) is 5.33. The van der Waals surface area contributed by atoms with Crippen LogP contribution in [0, 0.1) is 12.7 Å². The van der Waals surface area contributed by atoms with E-state index in [0.717, 1.165) is 0 Å². The molecule has 2 aromatic heterocycles. The van der Waals surface area contributed by atoms with E-state index in [1.54, 1.807) is 19.1 Å². The van der Waals surface area contributed by atoms with E-state index < -0.39 is 5.56 Å². The Morgan fingerprint density at radius 2 is 2.17 bits per heavy atom. The third-order valence-corrected chi connectivity index (χ3v) is 2.93. The first kappa shape index (κ1) is 10.6. The van der Waals surface area contributed by atoms with Crippen LogP contribution < -0.4 is 11.3 Å². The van der Waals surface area contributed by atoms with Crippen LogP contribution >= 0.6 is 0 Å². The SMILES string of the molecule is Cc1[nH]c2c(F)cccc2c1-c1o[nH]c(=O)c1N. The topological polar surface area (TPSA) is 87.8 Å². The van der Waals surface area contributed by atoms with E-state index in [-0.39, 0.29) is 17.3 Å². The van der Waals surface area contributed by atoms with Gasteiger partial charge in [-0.1, -0.05) is 12.1 Å². The standard InChI is InChI=1S/C12H10FN3O2/c1-5-8(11-9(14)12(17)16-18-11)6-3-2-4-7(13)10(6)15-5/h2-4,15H,14H2,1H3,(H,16,17). The van der Waals surface area contributed by atoms with Gasteiger partial charge in [-0.15, -0.1) is 0 Å². The van der Waals surface area contributed by atoms with Crippen molar-refractivity contribution in [1.29, 1.82) is 0 Å². The van der Waals surface area contributed by atoms with Gasteiger partial charge in [0.25, 0.3) is 0 Å². The maximum Gasteiger partial charge on any atom is 0.303 e. The summed E-state index contributed by atoms with van der Waals surface area (Å²) in [5.74, 6) is -0.132. The average molecular weight is 247 g/mol. The lowest BCUT2D eigenvalue weighted by molar-refractivity contribution is 0.426. The number of fused-ring (bicyclic) bond motifs is 1. The summed E-state index contributed by atoms with van der Waals surface area (Å²) in [6.07, 6.45) is 0. The Bertz CT molecular complexity index is 797. The Labute approximate surface area is 100 Å². The van der Waals surface area contributed by atoms with Gasteiger partial charge >= 0.3 is 5.56 Å². The van der Waals surface area contributed by atoms with Crippen molar-refractivity contribution in [2.45, 2.75) is 6.92 Å². The van der Waals surface area contributed by atoms with Crippen LogP contribution in [0.5, 0.6) is 0 Å². The highest BCUT2D eigenvalue weighted by atomic mass is 19.1. The molecule has 0 bridgehead atoms. The summed E-state index contributed by atoms with van der Waals surface area (Å²) >= 11 is 0. The molecule has 18 heavy (non-hydrogen) atoms. The molecule has 0 saturated heterocycles. The molecule has 1 aromatic carbocycles. The number of halogens is 1. The zero-order valence-corrected chi connectivity index (χ0v) is 9.50. The molecule has 3 rings (SSSR count). The van der Waals surface area contributed by atoms with Crippen LogP contribution in [-0.4, -0.2) is 10.1 Å². The number of aryl methyl sites for hydroxylation is 1. The van der Waals surface area contributed by atoms with Gasteiger partial charge in [-0.25, -0.2) is 4.39 Å². The number of aromatic amines is 2. The Morgan fingerprint density at radius 1 is 1.39 bits per heavy atom. The number of hydrogen-bond donors (Lipinski definition) is 3. The van der Waals surface area contributed by atoms with Crippen LogP contribution in [0.2, 0.25) is 0 Å². The molecule has 0 unspecified atom stereocenters. The number of para-hydroxylation sites is 1. The van der Waals surface area contributed by atoms with Crippen molar-refractivity contribution in [1.82, 2.24) is 10.1 Å². The average Bonchev–Trinajstić information content (AvgIpc) is 2.83. The van der Waals surface area contributed by atoms with Gasteiger partial charge in [0.1, 0.15) is 11.5 Å². The molecule has 3 aromatic rings. The van der Waals surface area contributed by atoms with Crippen molar-refractivity contribution in [2.24, 2.45) is 0 Å². The minimum absolute atomic E-state index is 0.0109. The number of benzene rings is 1. The predicted octanol–water partition coefficient (Wildman–Crippen LogP) is 2.15. The summed E-state index contributed by atoms with van der Waals surface area (Å²) in [4.78, 5) is 14.2. The van der Waals surface area contributed by atoms with Crippen LogP contribution in [0.3, 0.4) is 0 Å². The second-order valence-corrected chi connectivity index (χ2v) is 4.06. The molecule has 0 fully saturated rings. The molecule has 6 heteroatoms. The molecule has 0 atom stereocenters. The van der Waals surface area contributed by atoms with Crippen molar-refractivity contribution < 1.29 is 8.91 Å². The molecule has 0 amide bonds. The first-order valence-electron chi connectivity index (χ1n) is 5.33. The van der Waals surface area contributed by atoms with Gasteiger partial charge in [0.05, 0.1) is 11.1 Å². The summed E-state index contributed by atoms with van der Waals surface area (Å²) in [5, 5.41) is 2.80. The van der Waals surface area contributed by atoms with E-state index in [9.17, 15) is 9.18 Å². The predicted molar refractivity (Wildman–Crippen MR) is 65.7 cm³/mol. The third-order valence-electron chi connectivity index (χ3n) is 2.93. The van der Waals surface area contributed by atoms with Gasteiger partial charge in [-0.3, -0.25) is 4.79 Å². The van der Waals surface area contributed by atoms with Crippen LogP contribution in [0.15, 0.2) is 27.5 Å². The molecule has 0 aliphatic carbocycles. The molecule has 0 aliphatic heterocycles. The van der Waals surface area contributed by atoms with Gasteiger partial charge in [0.2, 0.25) is 0 Å². The first-order chi connectivity index (χ1) is 8.59. The Morgan fingerprint density at radius 3 is 2.83 bits per heavy atom. The number of nitrogens with two attached hydrogens (primary N) is 1. The number of H-pyrrole nitrogens is 2. The number of nitrogen functional groups attached to an aromatic ring is 1. The van der Waals surface area contributed by atoms with E-state index in [1.807, 2.05) is 0 Å². The smallest absolute Gasteiger partial charge is 0.303 e. The van der Waals surface area contributed by atoms with Crippen molar-refractivity contribution in [3.05, 3.63) is 40.1 Å². The third kappa shape index (κ3) is 1.29. The van der Waals surface area contributed by atoms with Crippen molar-refractivity contribution in [3.63, 3.8) is 0 Å². The monoisotopic (exact) mass is 247 g/mol. The lowest BCUT2D eigenvalue weighted by Gasteiger charge is -1.97. The van der Waals surface area contributed by atoms with Crippen molar-refractivity contribution in [3.8, 4) is 11.3 Å². The molecule has 4 N–H and O–H groups in total. The molecule has 0 spiro atoms. The van der Waals surface area contributed by atoms with Gasteiger partial charge in [-0.2, -0.15) is 5.16 Å². The minimum atomic E-state index is -0.491. The zero-order valence-electron chi connectivity index (χ0n) is 9.50. The van der Waals surface area contributed by atoms with E-state index in [0.29, 0.717) is 22.2 Å². The van der Waals surface area contributed by atoms with Gasteiger partial charge in [-0.05, 0) is 13.0 Å². The van der Waals surface area contributed by atoms with Crippen LogP contribution in [0.4, 0.5) is 10.1 Å².